The van der Waals surface area contributed by atoms with Crippen molar-refractivity contribution in [1.29, 1.82) is 0 Å². The van der Waals surface area contributed by atoms with Crippen LogP contribution in [0.4, 0.5) is 5.69 Å². The molecule has 1 amide bonds. The summed E-state index contributed by atoms with van der Waals surface area (Å²) in [6.07, 6.45) is 0. The quantitative estimate of drug-likeness (QED) is 0.718. The van der Waals surface area contributed by atoms with Gasteiger partial charge in [-0.2, -0.15) is 0 Å². The summed E-state index contributed by atoms with van der Waals surface area (Å²) in [5.74, 6) is 1.22. The molecule has 0 aliphatic carbocycles. The van der Waals surface area contributed by atoms with E-state index >= 15 is 0 Å². The molecule has 0 saturated carbocycles. The molecular weight excluding hydrogens is 270 g/mol. The maximum atomic E-state index is 11.9. The van der Waals surface area contributed by atoms with Crippen LogP contribution in [0.1, 0.15) is 13.8 Å². The van der Waals surface area contributed by atoms with E-state index in [-0.39, 0.29) is 5.91 Å². The average molecular weight is 295 g/mol. The topological polar surface area (TPSA) is 76.8 Å². The Balaban J connectivity index is 2.70. The molecule has 0 saturated heterocycles. The molecule has 1 rings (SSSR count). The fourth-order valence-corrected chi connectivity index (χ4v) is 1.87. The van der Waals surface area contributed by atoms with Crippen molar-refractivity contribution < 1.29 is 14.3 Å². The van der Waals surface area contributed by atoms with Crippen molar-refractivity contribution in [3.8, 4) is 11.5 Å². The van der Waals surface area contributed by atoms with Gasteiger partial charge in [0.2, 0.25) is 5.91 Å². The molecule has 0 spiro atoms. The SMILES string of the molecule is CCOc1ccc(NC(=O)CN(C)CCN)cc1OCC. The Morgan fingerprint density at radius 1 is 1.24 bits per heavy atom. The van der Waals surface area contributed by atoms with Crippen LogP contribution in [0.2, 0.25) is 0 Å². The Bertz CT molecular complexity index is 452. The van der Waals surface area contributed by atoms with Crippen LogP contribution in [0, 0.1) is 0 Å². The number of carbonyl (C=O) groups is 1. The monoisotopic (exact) mass is 295 g/mol. The average Bonchev–Trinajstić information content (AvgIpc) is 2.42. The van der Waals surface area contributed by atoms with Crippen molar-refractivity contribution >= 4 is 11.6 Å². The van der Waals surface area contributed by atoms with Gasteiger partial charge in [0.25, 0.3) is 0 Å². The number of ether oxygens (including phenoxy) is 2. The molecule has 1 aromatic carbocycles. The van der Waals surface area contributed by atoms with Gasteiger partial charge in [-0.25, -0.2) is 0 Å². The van der Waals surface area contributed by atoms with Crippen LogP contribution >= 0.6 is 0 Å². The summed E-state index contributed by atoms with van der Waals surface area (Å²) < 4.78 is 11.0. The number of benzene rings is 1. The molecule has 0 atom stereocenters. The normalized spacial score (nSPS) is 10.5. The van der Waals surface area contributed by atoms with Crippen LogP contribution in [0.15, 0.2) is 18.2 Å². The standard InChI is InChI=1S/C15H25N3O3/c1-4-20-13-7-6-12(10-14(13)21-5-2)17-15(19)11-18(3)9-8-16/h6-7,10H,4-5,8-9,11,16H2,1-3H3,(H,17,19). The third-order valence-electron chi connectivity index (χ3n) is 2.75. The molecule has 6 nitrogen and oxygen atoms in total. The lowest BCUT2D eigenvalue weighted by molar-refractivity contribution is -0.117. The molecule has 118 valence electrons. The van der Waals surface area contributed by atoms with E-state index in [0.29, 0.717) is 50.0 Å². The van der Waals surface area contributed by atoms with E-state index in [2.05, 4.69) is 5.32 Å². The summed E-state index contributed by atoms with van der Waals surface area (Å²) in [5, 5.41) is 2.84. The lowest BCUT2D eigenvalue weighted by Crippen LogP contribution is -2.33. The zero-order valence-electron chi connectivity index (χ0n) is 13.0. The van der Waals surface area contributed by atoms with Gasteiger partial charge in [-0.05, 0) is 33.0 Å². The summed E-state index contributed by atoms with van der Waals surface area (Å²) in [4.78, 5) is 13.8. The smallest absolute Gasteiger partial charge is 0.238 e. The van der Waals surface area contributed by atoms with E-state index in [0.717, 1.165) is 0 Å². The van der Waals surface area contributed by atoms with E-state index in [1.165, 1.54) is 0 Å². The van der Waals surface area contributed by atoms with Gasteiger partial charge in [0.15, 0.2) is 11.5 Å². The number of hydrogen-bond donors (Lipinski definition) is 2. The third kappa shape index (κ3) is 6.01. The number of likely N-dealkylation sites (N-methyl/N-ethyl adjacent to an activating group) is 1. The van der Waals surface area contributed by atoms with Gasteiger partial charge in [0.1, 0.15) is 0 Å². The zero-order valence-corrected chi connectivity index (χ0v) is 13.0. The Kier molecular flexibility index (Phi) is 7.56. The van der Waals surface area contributed by atoms with Crippen molar-refractivity contribution in [2.75, 3.05) is 45.2 Å². The van der Waals surface area contributed by atoms with Crippen LogP contribution in [-0.2, 0) is 4.79 Å². The molecule has 0 fully saturated rings. The minimum absolute atomic E-state index is 0.0856. The molecule has 0 aromatic heterocycles. The van der Waals surface area contributed by atoms with Gasteiger partial charge in [0.05, 0.1) is 19.8 Å². The maximum Gasteiger partial charge on any atom is 0.238 e. The first-order valence-electron chi connectivity index (χ1n) is 7.18. The molecule has 6 heteroatoms. The largest absolute Gasteiger partial charge is 0.490 e. The number of nitrogens with one attached hydrogen (secondary N) is 1. The summed E-state index contributed by atoms with van der Waals surface area (Å²) >= 11 is 0. The van der Waals surface area contributed by atoms with Gasteiger partial charge in [-0.1, -0.05) is 0 Å². The fraction of sp³-hybridized carbons (Fsp3) is 0.533. The van der Waals surface area contributed by atoms with Crippen LogP contribution in [0.25, 0.3) is 0 Å². The number of nitrogens with zero attached hydrogens (tertiary/aromatic N) is 1. The number of hydrogen-bond acceptors (Lipinski definition) is 5. The van der Waals surface area contributed by atoms with E-state index in [9.17, 15) is 4.79 Å². The molecule has 0 bridgehead atoms. The highest BCUT2D eigenvalue weighted by molar-refractivity contribution is 5.92. The molecule has 0 radical (unpaired) electrons. The van der Waals surface area contributed by atoms with Crippen LogP contribution in [-0.4, -0.2) is 50.7 Å². The van der Waals surface area contributed by atoms with Crippen molar-refractivity contribution in [2.45, 2.75) is 13.8 Å². The van der Waals surface area contributed by atoms with Crippen LogP contribution < -0.4 is 20.5 Å². The maximum absolute atomic E-state index is 11.9. The summed E-state index contributed by atoms with van der Waals surface area (Å²) in [7, 11) is 1.86. The summed E-state index contributed by atoms with van der Waals surface area (Å²) in [6.45, 7) is 6.43. The number of anilines is 1. The van der Waals surface area contributed by atoms with E-state index < -0.39 is 0 Å². The second-order valence-electron chi connectivity index (χ2n) is 4.60. The van der Waals surface area contributed by atoms with E-state index in [4.69, 9.17) is 15.2 Å². The van der Waals surface area contributed by atoms with Crippen molar-refractivity contribution in [2.24, 2.45) is 5.73 Å². The first-order chi connectivity index (χ1) is 10.1. The minimum Gasteiger partial charge on any atom is -0.490 e. The number of rotatable bonds is 9. The molecular formula is C15H25N3O3. The second kappa shape index (κ2) is 9.20. The number of carbonyl (C=O) groups excluding carboxylic acids is 1. The second-order valence-corrected chi connectivity index (χ2v) is 4.60. The molecule has 0 aliphatic rings. The Hall–Kier alpha value is -1.79. The Labute approximate surface area is 126 Å². The minimum atomic E-state index is -0.0856. The number of nitrogens with two attached hydrogens (primary N) is 1. The predicted molar refractivity (Wildman–Crippen MR) is 84.0 cm³/mol. The van der Waals surface area contributed by atoms with Gasteiger partial charge in [0, 0.05) is 24.8 Å². The predicted octanol–water partition coefficient (Wildman–Crippen LogP) is 1.31. The highest BCUT2D eigenvalue weighted by Gasteiger charge is 2.10. The lowest BCUT2D eigenvalue weighted by atomic mass is 10.2. The molecule has 3 N–H and O–H groups in total. The van der Waals surface area contributed by atoms with Crippen LogP contribution in [0.5, 0.6) is 11.5 Å². The van der Waals surface area contributed by atoms with Crippen molar-refractivity contribution in [3.05, 3.63) is 18.2 Å². The summed E-state index contributed by atoms with van der Waals surface area (Å²) in [5.41, 5.74) is 6.14. The van der Waals surface area contributed by atoms with Gasteiger partial charge < -0.3 is 20.5 Å². The molecule has 21 heavy (non-hydrogen) atoms. The van der Waals surface area contributed by atoms with E-state index in [1.54, 1.807) is 18.2 Å². The number of amides is 1. The molecule has 0 unspecified atom stereocenters. The zero-order chi connectivity index (χ0) is 15.7. The third-order valence-corrected chi connectivity index (χ3v) is 2.75. The molecule has 1 aromatic rings. The van der Waals surface area contributed by atoms with Crippen molar-refractivity contribution in [1.82, 2.24) is 4.90 Å². The van der Waals surface area contributed by atoms with Crippen molar-refractivity contribution in [3.63, 3.8) is 0 Å². The molecule has 0 aliphatic heterocycles. The van der Waals surface area contributed by atoms with Gasteiger partial charge in [-0.3, -0.25) is 9.69 Å². The first-order valence-corrected chi connectivity index (χ1v) is 7.18. The Morgan fingerprint density at radius 2 is 1.90 bits per heavy atom. The Morgan fingerprint density at radius 3 is 2.52 bits per heavy atom. The summed E-state index contributed by atoms with van der Waals surface area (Å²) in [6, 6.07) is 5.37. The highest BCUT2D eigenvalue weighted by Crippen LogP contribution is 2.30. The lowest BCUT2D eigenvalue weighted by Gasteiger charge is -2.16. The highest BCUT2D eigenvalue weighted by atomic mass is 16.5. The van der Waals surface area contributed by atoms with Gasteiger partial charge >= 0.3 is 0 Å². The van der Waals surface area contributed by atoms with Gasteiger partial charge in [-0.15, -0.1) is 0 Å². The first kappa shape index (κ1) is 17.3. The van der Waals surface area contributed by atoms with E-state index in [1.807, 2.05) is 25.8 Å². The van der Waals surface area contributed by atoms with Crippen LogP contribution in [0.3, 0.4) is 0 Å². The molecule has 0 heterocycles. The fourth-order valence-electron chi connectivity index (χ4n) is 1.87.